The van der Waals surface area contributed by atoms with Crippen LogP contribution in [0.1, 0.15) is 218 Å². The quantitative estimate of drug-likeness (QED) is 0.114. The number of allylic oxidation sites excluding steroid dienone is 10. The van der Waals surface area contributed by atoms with Gasteiger partial charge in [0.2, 0.25) is 0 Å². The lowest BCUT2D eigenvalue weighted by Gasteiger charge is -2.35. The number of hydrogen-bond donors (Lipinski definition) is 0. The van der Waals surface area contributed by atoms with Crippen molar-refractivity contribution >= 4 is 0 Å². The molecule has 312 valence electrons. The molecule has 52 heavy (non-hydrogen) atoms. The van der Waals surface area contributed by atoms with E-state index in [9.17, 15) is 0 Å². The Balaban J connectivity index is -0.0000000764. The average molecular weight is 731 g/mol. The maximum atomic E-state index is 5.79. The fourth-order valence-electron chi connectivity index (χ4n) is 4.13. The first-order valence-corrected chi connectivity index (χ1v) is 21.4. The van der Waals surface area contributed by atoms with Crippen LogP contribution in [0.25, 0.3) is 0 Å². The smallest absolute Gasteiger partial charge is 0.0987 e. The van der Waals surface area contributed by atoms with Gasteiger partial charge in [-0.2, -0.15) is 0 Å². The van der Waals surface area contributed by atoms with Crippen molar-refractivity contribution in [3.63, 3.8) is 0 Å². The van der Waals surface area contributed by atoms with E-state index in [0.717, 1.165) is 35.0 Å². The summed E-state index contributed by atoms with van der Waals surface area (Å²) in [6, 6.07) is 0. The summed E-state index contributed by atoms with van der Waals surface area (Å²) in [5, 5.41) is 0. The van der Waals surface area contributed by atoms with Gasteiger partial charge in [-0.15, -0.1) is 19.6 Å². The zero-order valence-electron chi connectivity index (χ0n) is 40.8. The van der Waals surface area contributed by atoms with Crippen molar-refractivity contribution in [1.29, 1.82) is 0 Å². The Bertz CT molecular complexity index is 836. The van der Waals surface area contributed by atoms with Gasteiger partial charge in [0, 0.05) is 0 Å². The normalized spacial score (nSPS) is 18.5. The molecule has 2 saturated carbocycles. The molecule has 0 radical (unpaired) electrons. The first-order chi connectivity index (χ1) is 24.6. The van der Waals surface area contributed by atoms with Crippen molar-refractivity contribution in [2.75, 3.05) is 0 Å². The largest absolute Gasteiger partial charge is 0.495 e. The van der Waals surface area contributed by atoms with Crippen molar-refractivity contribution in [1.82, 2.24) is 0 Å². The van der Waals surface area contributed by atoms with Gasteiger partial charge in [-0.05, 0) is 123 Å². The fourth-order valence-corrected chi connectivity index (χ4v) is 4.13. The maximum absolute atomic E-state index is 5.79. The van der Waals surface area contributed by atoms with Crippen LogP contribution in [0.2, 0.25) is 0 Å². The summed E-state index contributed by atoms with van der Waals surface area (Å²) in [7, 11) is 0. The van der Waals surface area contributed by atoms with Gasteiger partial charge in [0.25, 0.3) is 0 Å². The maximum Gasteiger partial charge on any atom is 0.0987 e. The third kappa shape index (κ3) is 57.2. The highest BCUT2D eigenvalue weighted by molar-refractivity contribution is 5.26. The molecule has 1 nitrogen and oxygen atoms in total. The lowest BCUT2D eigenvalue weighted by molar-refractivity contribution is 0.0103. The molecule has 0 aromatic heterocycles. The standard InChI is InChI=1S/C14H20O.C8H16.C8H14.C7H14.C4H10.4C2H6.C2H4/c1-5-7-11(3)8-12(4)15-14-9-13(6-2)10-14;1-7-3-5-8(2)6-4-7;1-5-7(3)8(4)6-2;1-5-7(4)6(2)3;1-4(2)3;5*1-2/h1,7-8,13-14H,6,9-10H2,2-4H3;7-8H,3-6H2,1-2H3;5-6H,1-4H3;5H2,1-4H3;4H,1-3H3;4*1-2H3;1-2H2/b11-7-,12-8+;;7-5+,8-6?;;;;;;;. The minimum absolute atomic E-state index is 0.435. The van der Waals surface area contributed by atoms with Gasteiger partial charge in [0.05, 0.1) is 11.9 Å². The van der Waals surface area contributed by atoms with Crippen LogP contribution >= 0.6 is 0 Å². The third-order valence-corrected chi connectivity index (χ3v) is 8.04. The lowest BCUT2D eigenvalue weighted by atomic mass is 9.80. The van der Waals surface area contributed by atoms with Crippen LogP contribution in [0.15, 0.2) is 71.1 Å². The lowest BCUT2D eigenvalue weighted by Crippen LogP contribution is -2.30. The molecular formula is C51H102O. The minimum Gasteiger partial charge on any atom is -0.495 e. The van der Waals surface area contributed by atoms with E-state index in [-0.39, 0.29) is 0 Å². The topological polar surface area (TPSA) is 9.23 Å². The summed E-state index contributed by atoms with van der Waals surface area (Å²) >= 11 is 0. The Hall–Kier alpha value is -2.20. The van der Waals surface area contributed by atoms with E-state index in [0.29, 0.717) is 6.10 Å². The van der Waals surface area contributed by atoms with E-state index in [1.54, 1.807) is 6.08 Å². The molecule has 0 heterocycles. The predicted octanol–water partition coefficient (Wildman–Crippen LogP) is 18.7. The summed E-state index contributed by atoms with van der Waals surface area (Å²) in [5.74, 6) is 7.23. The van der Waals surface area contributed by atoms with Gasteiger partial charge < -0.3 is 4.74 Å². The number of ether oxygens (including phenoxy) is 1. The molecule has 0 N–H and O–H groups in total. The molecule has 2 aliphatic rings. The summed E-state index contributed by atoms with van der Waals surface area (Å²) in [5.41, 5.74) is 6.78. The monoisotopic (exact) mass is 731 g/mol. The van der Waals surface area contributed by atoms with Crippen LogP contribution in [0, 0.1) is 36.0 Å². The van der Waals surface area contributed by atoms with Crippen molar-refractivity contribution in [2.24, 2.45) is 23.7 Å². The highest BCUT2D eigenvalue weighted by Crippen LogP contribution is 2.33. The molecule has 1 heteroatoms. The number of terminal acetylenes is 1. The zero-order chi connectivity index (χ0) is 43.3. The van der Waals surface area contributed by atoms with Crippen molar-refractivity contribution in [3.05, 3.63) is 71.1 Å². The Morgan fingerprint density at radius 1 is 0.712 bits per heavy atom. The summed E-state index contributed by atoms with van der Waals surface area (Å²) in [4.78, 5) is 0. The molecule has 0 atom stereocenters. The molecule has 0 aromatic carbocycles. The Kier molecular flexibility index (Phi) is 72.5. The van der Waals surface area contributed by atoms with Gasteiger partial charge in [-0.25, -0.2) is 0 Å². The van der Waals surface area contributed by atoms with Gasteiger partial charge in [-0.3, -0.25) is 0 Å². The first-order valence-electron chi connectivity index (χ1n) is 21.4. The molecule has 0 amide bonds. The van der Waals surface area contributed by atoms with E-state index in [1.807, 2.05) is 75.3 Å². The van der Waals surface area contributed by atoms with Crippen LogP contribution in [0.3, 0.4) is 0 Å². The average Bonchev–Trinajstić information content (AvgIpc) is 3.14. The van der Waals surface area contributed by atoms with E-state index in [4.69, 9.17) is 11.2 Å². The molecule has 2 rings (SSSR count). The Labute approximate surface area is 334 Å². The second-order valence-corrected chi connectivity index (χ2v) is 13.5. The molecule has 0 bridgehead atoms. The molecule has 0 unspecified atom stereocenters. The second kappa shape index (κ2) is 55.6. The molecular weight excluding hydrogens is 629 g/mol. The van der Waals surface area contributed by atoms with Gasteiger partial charge in [0.15, 0.2) is 0 Å². The first kappa shape index (κ1) is 67.9. The predicted molar refractivity (Wildman–Crippen MR) is 251 cm³/mol. The molecule has 0 saturated heterocycles. The van der Waals surface area contributed by atoms with E-state index in [1.165, 1.54) is 73.7 Å². The minimum atomic E-state index is 0.435. The summed E-state index contributed by atoms with van der Waals surface area (Å²) in [6.45, 7) is 56.5. The third-order valence-electron chi connectivity index (χ3n) is 8.04. The SMILES string of the molecule is C#C/C=C(C)\C=C(/C)OC1CC(CC)C1.C=C.CC.CC.CC.CC.CC(C)C.CC1CCC(C)CC1.CC=C(C)/C(C)=C/C.CCC(C)=C(C)C. The van der Waals surface area contributed by atoms with Crippen LogP contribution in [-0.4, -0.2) is 6.10 Å². The highest BCUT2D eigenvalue weighted by Gasteiger charge is 2.29. The van der Waals surface area contributed by atoms with E-state index >= 15 is 0 Å². The van der Waals surface area contributed by atoms with Gasteiger partial charge >= 0.3 is 0 Å². The number of hydrogen-bond acceptors (Lipinski definition) is 1. The summed E-state index contributed by atoms with van der Waals surface area (Å²) < 4.78 is 5.79. The Morgan fingerprint density at radius 3 is 1.25 bits per heavy atom. The van der Waals surface area contributed by atoms with E-state index < -0.39 is 0 Å². The van der Waals surface area contributed by atoms with Gasteiger partial charge in [-0.1, -0.05) is 176 Å². The molecule has 2 fully saturated rings. The molecule has 0 aromatic rings. The Morgan fingerprint density at radius 2 is 1.04 bits per heavy atom. The van der Waals surface area contributed by atoms with Crippen molar-refractivity contribution in [2.45, 2.75) is 224 Å². The van der Waals surface area contributed by atoms with Crippen LogP contribution in [0.4, 0.5) is 0 Å². The highest BCUT2D eigenvalue weighted by atomic mass is 16.5. The van der Waals surface area contributed by atoms with Crippen LogP contribution in [-0.2, 0) is 4.74 Å². The molecule has 2 aliphatic carbocycles. The zero-order valence-corrected chi connectivity index (χ0v) is 40.8. The fraction of sp³-hybridized carbons (Fsp3) is 0.725. The van der Waals surface area contributed by atoms with Crippen molar-refractivity contribution < 1.29 is 4.74 Å². The van der Waals surface area contributed by atoms with Crippen LogP contribution < -0.4 is 0 Å². The number of rotatable bonds is 6. The molecule has 0 aliphatic heterocycles. The molecule has 0 spiro atoms. The van der Waals surface area contributed by atoms with Crippen LogP contribution in [0.5, 0.6) is 0 Å². The van der Waals surface area contributed by atoms with Gasteiger partial charge in [0.1, 0.15) is 0 Å². The van der Waals surface area contributed by atoms with E-state index in [2.05, 4.69) is 128 Å². The summed E-state index contributed by atoms with van der Waals surface area (Å²) in [6.07, 6.45) is 24.4. The van der Waals surface area contributed by atoms with Crippen molar-refractivity contribution in [3.8, 4) is 12.3 Å². The second-order valence-electron chi connectivity index (χ2n) is 13.5.